The van der Waals surface area contributed by atoms with Crippen LogP contribution in [0.25, 0.3) is 0 Å². The third-order valence-electron chi connectivity index (χ3n) is 2.59. The Hall–Kier alpha value is -0.590. The van der Waals surface area contributed by atoms with Gasteiger partial charge in [-0.1, -0.05) is 27.7 Å². The minimum Gasteiger partial charge on any atom is -0.269 e. The fourth-order valence-corrected chi connectivity index (χ4v) is 1.78. The maximum absolute atomic E-state index is 4.23. The van der Waals surface area contributed by atoms with E-state index in [0.717, 1.165) is 18.3 Å². The monoisotopic (exact) mass is 165 g/mol. The molecule has 1 atom stereocenters. The Morgan fingerprint density at radius 1 is 1.33 bits per heavy atom. The molecule has 1 aliphatic heterocycles. The van der Waals surface area contributed by atoms with Gasteiger partial charge in [-0.25, -0.2) is 0 Å². The number of aliphatic imine (C=N–C) groups is 1. The van der Waals surface area contributed by atoms with E-state index in [1.807, 2.05) is 6.21 Å². The van der Waals surface area contributed by atoms with Gasteiger partial charge in [-0.2, -0.15) is 0 Å². The zero-order chi connectivity index (χ0) is 9.14. The smallest absolute Gasteiger partial charge is 0.0261 e. The van der Waals surface area contributed by atoms with Crippen molar-refractivity contribution >= 4 is 6.21 Å². The molecule has 0 saturated heterocycles. The van der Waals surface area contributed by atoms with Crippen LogP contribution in [0.4, 0.5) is 0 Å². The van der Waals surface area contributed by atoms with Gasteiger partial charge in [-0.15, -0.1) is 0 Å². The van der Waals surface area contributed by atoms with Gasteiger partial charge >= 0.3 is 0 Å². The van der Waals surface area contributed by atoms with Gasteiger partial charge in [-0.3, -0.25) is 4.99 Å². The first-order chi connectivity index (χ1) is 5.63. The first kappa shape index (κ1) is 9.50. The number of nitrogens with zero attached hydrogens (tertiary/aromatic N) is 1. The molecule has 0 N–H and O–H groups in total. The van der Waals surface area contributed by atoms with Crippen molar-refractivity contribution < 1.29 is 0 Å². The van der Waals surface area contributed by atoms with Crippen LogP contribution >= 0.6 is 0 Å². The number of hydrogen-bond donors (Lipinski definition) is 0. The van der Waals surface area contributed by atoms with Crippen LogP contribution in [0.15, 0.2) is 16.8 Å². The second-order valence-electron chi connectivity index (χ2n) is 4.20. The summed E-state index contributed by atoms with van der Waals surface area (Å²) in [5.41, 5.74) is 1.52. The van der Waals surface area contributed by atoms with E-state index in [2.05, 4.69) is 38.9 Å². The lowest BCUT2D eigenvalue weighted by Gasteiger charge is -2.26. The average molecular weight is 165 g/mol. The largest absolute Gasteiger partial charge is 0.269 e. The second kappa shape index (κ2) is 3.88. The van der Waals surface area contributed by atoms with Crippen LogP contribution in [-0.4, -0.2) is 6.21 Å². The molecular formula is C11H19N. The van der Waals surface area contributed by atoms with E-state index in [1.165, 1.54) is 5.57 Å². The SMILES string of the molecule is CC(C)C1=CN=CCC1C(C)C. The molecule has 68 valence electrons. The summed E-state index contributed by atoms with van der Waals surface area (Å²) >= 11 is 0. The Bertz CT molecular complexity index is 199. The van der Waals surface area contributed by atoms with Gasteiger partial charge in [0.05, 0.1) is 0 Å². The maximum atomic E-state index is 4.23. The van der Waals surface area contributed by atoms with Crippen molar-refractivity contribution in [1.82, 2.24) is 0 Å². The normalized spacial score (nSPS) is 23.5. The molecule has 1 heterocycles. The van der Waals surface area contributed by atoms with Gasteiger partial charge in [-0.05, 0) is 29.7 Å². The molecule has 1 aliphatic rings. The van der Waals surface area contributed by atoms with Crippen molar-refractivity contribution in [2.75, 3.05) is 0 Å². The van der Waals surface area contributed by atoms with E-state index < -0.39 is 0 Å². The van der Waals surface area contributed by atoms with Crippen LogP contribution < -0.4 is 0 Å². The van der Waals surface area contributed by atoms with E-state index >= 15 is 0 Å². The molecule has 1 unspecified atom stereocenters. The van der Waals surface area contributed by atoms with Gasteiger partial charge in [0.2, 0.25) is 0 Å². The lowest BCUT2D eigenvalue weighted by molar-refractivity contribution is 0.420. The zero-order valence-electron chi connectivity index (χ0n) is 8.54. The Balaban J connectivity index is 2.77. The molecule has 0 aliphatic carbocycles. The molecule has 0 fully saturated rings. The standard InChI is InChI=1S/C11H19N/c1-8(2)10-5-6-12-7-11(10)9(3)4/h6-10H,5H2,1-4H3. The molecule has 0 saturated carbocycles. The molecule has 1 rings (SSSR count). The van der Waals surface area contributed by atoms with E-state index in [0.29, 0.717) is 5.92 Å². The Kier molecular flexibility index (Phi) is 3.07. The molecule has 0 aromatic carbocycles. The summed E-state index contributed by atoms with van der Waals surface area (Å²) in [5, 5.41) is 0. The predicted octanol–water partition coefficient (Wildman–Crippen LogP) is 3.27. The van der Waals surface area contributed by atoms with Crippen molar-refractivity contribution in [3.05, 3.63) is 11.8 Å². The van der Waals surface area contributed by atoms with Gasteiger partial charge in [0.25, 0.3) is 0 Å². The van der Waals surface area contributed by atoms with Gasteiger partial charge in [0, 0.05) is 12.4 Å². The number of allylic oxidation sites excluding steroid dienone is 1. The molecule has 0 aromatic rings. The van der Waals surface area contributed by atoms with E-state index in [-0.39, 0.29) is 0 Å². The van der Waals surface area contributed by atoms with Crippen LogP contribution in [0.5, 0.6) is 0 Å². The van der Waals surface area contributed by atoms with Crippen LogP contribution in [0, 0.1) is 17.8 Å². The van der Waals surface area contributed by atoms with Crippen molar-refractivity contribution in [1.29, 1.82) is 0 Å². The molecule has 0 radical (unpaired) electrons. The van der Waals surface area contributed by atoms with Crippen molar-refractivity contribution in [3.8, 4) is 0 Å². The molecule has 0 bridgehead atoms. The Labute approximate surface area is 75.6 Å². The summed E-state index contributed by atoms with van der Waals surface area (Å²) in [6, 6.07) is 0. The van der Waals surface area contributed by atoms with Gasteiger partial charge < -0.3 is 0 Å². The van der Waals surface area contributed by atoms with Crippen LogP contribution in [0.3, 0.4) is 0 Å². The topological polar surface area (TPSA) is 12.4 Å². The van der Waals surface area contributed by atoms with E-state index in [9.17, 15) is 0 Å². The highest BCUT2D eigenvalue weighted by Gasteiger charge is 2.21. The van der Waals surface area contributed by atoms with E-state index in [1.54, 1.807) is 0 Å². The zero-order valence-corrected chi connectivity index (χ0v) is 8.54. The minimum atomic E-state index is 0.648. The fourth-order valence-electron chi connectivity index (χ4n) is 1.78. The molecule has 0 amide bonds. The highest BCUT2D eigenvalue weighted by Crippen LogP contribution is 2.30. The lowest BCUT2D eigenvalue weighted by atomic mass is 9.80. The molecular weight excluding hydrogens is 146 g/mol. The Morgan fingerprint density at radius 3 is 2.42 bits per heavy atom. The van der Waals surface area contributed by atoms with Crippen molar-refractivity contribution in [2.24, 2.45) is 22.7 Å². The third kappa shape index (κ3) is 1.96. The third-order valence-corrected chi connectivity index (χ3v) is 2.59. The number of hydrogen-bond acceptors (Lipinski definition) is 1. The molecule has 1 heteroatoms. The van der Waals surface area contributed by atoms with Crippen molar-refractivity contribution in [3.63, 3.8) is 0 Å². The maximum Gasteiger partial charge on any atom is 0.0261 e. The van der Waals surface area contributed by atoms with Crippen LogP contribution in [0.2, 0.25) is 0 Å². The fraction of sp³-hybridized carbons (Fsp3) is 0.727. The molecule has 1 nitrogen and oxygen atoms in total. The van der Waals surface area contributed by atoms with Gasteiger partial charge in [0.15, 0.2) is 0 Å². The highest BCUT2D eigenvalue weighted by atomic mass is 14.7. The summed E-state index contributed by atoms with van der Waals surface area (Å²) in [6.45, 7) is 9.09. The molecule has 12 heavy (non-hydrogen) atoms. The van der Waals surface area contributed by atoms with Crippen LogP contribution in [-0.2, 0) is 0 Å². The lowest BCUT2D eigenvalue weighted by Crippen LogP contribution is -2.18. The summed E-state index contributed by atoms with van der Waals surface area (Å²) in [5.74, 6) is 2.11. The molecule has 0 spiro atoms. The summed E-state index contributed by atoms with van der Waals surface area (Å²) < 4.78 is 0. The minimum absolute atomic E-state index is 0.648. The van der Waals surface area contributed by atoms with Crippen molar-refractivity contribution in [2.45, 2.75) is 34.1 Å². The first-order valence-corrected chi connectivity index (χ1v) is 4.84. The highest BCUT2D eigenvalue weighted by molar-refractivity contribution is 5.61. The Morgan fingerprint density at radius 2 is 2.00 bits per heavy atom. The van der Waals surface area contributed by atoms with E-state index in [4.69, 9.17) is 0 Å². The summed E-state index contributed by atoms with van der Waals surface area (Å²) in [7, 11) is 0. The predicted molar refractivity (Wildman–Crippen MR) is 54.4 cm³/mol. The first-order valence-electron chi connectivity index (χ1n) is 4.84. The van der Waals surface area contributed by atoms with Crippen LogP contribution in [0.1, 0.15) is 34.1 Å². The quantitative estimate of drug-likeness (QED) is 0.595. The summed E-state index contributed by atoms with van der Waals surface area (Å²) in [6.07, 6.45) is 5.22. The van der Waals surface area contributed by atoms with Gasteiger partial charge in [0.1, 0.15) is 0 Å². The second-order valence-corrected chi connectivity index (χ2v) is 4.20. The summed E-state index contributed by atoms with van der Waals surface area (Å²) in [4.78, 5) is 4.23. The average Bonchev–Trinajstić information content (AvgIpc) is 2.04. The number of rotatable bonds is 2. The molecule has 0 aromatic heterocycles.